The Kier molecular flexibility index (Phi) is 4.83. The predicted molar refractivity (Wildman–Crippen MR) is 88.3 cm³/mol. The van der Waals surface area contributed by atoms with Crippen molar-refractivity contribution in [3.63, 3.8) is 0 Å². The average molecular weight is 329 g/mol. The van der Waals surface area contributed by atoms with Gasteiger partial charge < -0.3 is 9.32 Å². The van der Waals surface area contributed by atoms with Crippen LogP contribution in [-0.2, 0) is 11.8 Å². The highest BCUT2D eigenvalue weighted by molar-refractivity contribution is 5.97. The molecule has 0 saturated carbocycles. The summed E-state index contributed by atoms with van der Waals surface area (Å²) in [7, 11) is 1.77. The van der Waals surface area contributed by atoms with Crippen LogP contribution >= 0.6 is 0 Å². The monoisotopic (exact) mass is 329 g/mol. The number of aromatic nitrogens is 2. The maximum Gasteiger partial charge on any atom is 0.223 e. The first-order valence-electron chi connectivity index (χ1n) is 8.39. The van der Waals surface area contributed by atoms with Crippen molar-refractivity contribution in [2.24, 2.45) is 13.0 Å². The van der Waals surface area contributed by atoms with Crippen LogP contribution in [0, 0.1) is 5.92 Å². The maximum absolute atomic E-state index is 12.7. The molecule has 2 aromatic heterocycles. The Morgan fingerprint density at radius 2 is 2.21 bits per heavy atom. The van der Waals surface area contributed by atoms with Gasteiger partial charge in [0.05, 0.1) is 24.1 Å². The van der Waals surface area contributed by atoms with Crippen molar-refractivity contribution in [1.82, 2.24) is 14.7 Å². The summed E-state index contributed by atoms with van der Waals surface area (Å²) in [5.41, 5.74) is 0.556. The first-order valence-corrected chi connectivity index (χ1v) is 8.39. The number of carbonyl (C=O) groups is 2. The Bertz CT molecular complexity index is 705. The van der Waals surface area contributed by atoms with E-state index in [0.29, 0.717) is 18.0 Å². The number of hydrogen-bond donors (Lipinski definition) is 0. The van der Waals surface area contributed by atoms with Gasteiger partial charge in [-0.3, -0.25) is 14.3 Å². The van der Waals surface area contributed by atoms with Gasteiger partial charge in [0.15, 0.2) is 5.78 Å². The Hall–Kier alpha value is -2.37. The molecule has 1 fully saturated rings. The molecule has 0 spiro atoms. The number of hydrogen-bond acceptors (Lipinski definition) is 4. The fourth-order valence-corrected chi connectivity index (χ4v) is 3.26. The lowest BCUT2D eigenvalue weighted by molar-refractivity contribution is -0.136. The molecule has 1 aliphatic heterocycles. The number of furan rings is 1. The van der Waals surface area contributed by atoms with Crippen molar-refractivity contribution in [3.05, 3.63) is 42.1 Å². The van der Waals surface area contributed by atoms with Gasteiger partial charge in [0, 0.05) is 32.6 Å². The fraction of sp³-hybridized carbons (Fsp3) is 0.500. The van der Waals surface area contributed by atoms with Crippen molar-refractivity contribution in [2.75, 3.05) is 6.54 Å². The second kappa shape index (κ2) is 7.03. The van der Waals surface area contributed by atoms with Gasteiger partial charge >= 0.3 is 0 Å². The molecule has 24 heavy (non-hydrogen) atoms. The van der Waals surface area contributed by atoms with E-state index < -0.39 is 0 Å². The van der Waals surface area contributed by atoms with Crippen LogP contribution in [0.2, 0.25) is 0 Å². The molecule has 1 aliphatic rings. The van der Waals surface area contributed by atoms with Gasteiger partial charge in [0.25, 0.3) is 0 Å². The van der Waals surface area contributed by atoms with E-state index in [2.05, 4.69) is 12.0 Å². The standard InChI is InChI=1S/C18H23N3O3/c1-13-7-8-21(15(10-13)17-4-3-9-24-17)18(23)6-5-16(22)14-11-19-20(2)12-14/h3-4,9,11-13,15H,5-8,10H2,1-2H3/t13-,15+/m1/s1. The second-order valence-electron chi connectivity index (χ2n) is 6.57. The van der Waals surface area contributed by atoms with Crippen LogP contribution in [0.3, 0.4) is 0 Å². The molecule has 1 saturated heterocycles. The molecule has 2 atom stereocenters. The van der Waals surface area contributed by atoms with Crippen LogP contribution in [0.5, 0.6) is 0 Å². The van der Waals surface area contributed by atoms with Crippen molar-refractivity contribution < 1.29 is 14.0 Å². The number of carbonyl (C=O) groups excluding carboxylic acids is 2. The Morgan fingerprint density at radius 3 is 2.88 bits per heavy atom. The summed E-state index contributed by atoms with van der Waals surface area (Å²) >= 11 is 0. The number of Topliss-reactive ketones (excluding diaryl/α,β-unsaturated/α-hetero) is 1. The van der Waals surface area contributed by atoms with Gasteiger partial charge in [-0.15, -0.1) is 0 Å². The number of aryl methyl sites for hydroxylation is 1. The summed E-state index contributed by atoms with van der Waals surface area (Å²) < 4.78 is 7.12. The molecule has 0 aliphatic carbocycles. The van der Waals surface area contributed by atoms with Crippen LogP contribution in [0.1, 0.15) is 54.8 Å². The van der Waals surface area contributed by atoms with E-state index in [1.54, 1.807) is 30.4 Å². The number of nitrogens with zero attached hydrogens (tertiary/aromatic N) is 3. The van der Waals surface area contributed by atoms with Crippen molar-refractivity contribution >= 4 is 11.7 Å². The van der Waals surface area contributed by atoms with Crippen LogP contribution in [0.4, 0.5) is 0 Å². The molecule has 0 bridgehead atoms. The topological polar surface area (TPSA) is 68.3 Å². The average Bonchev–Trinajstić information content (AvgIpc) is 3.23. The minimum Gasteiger partial charge on any atom is -0.467 e. The summed E-state index contributed by atoms with van der Waals surface area (Å²) in [6, 6.07) is 3.75. The number of ketones is 1. The minimum absolute atomic E-state index is 0.0144. The summed E-state index contributed by atoms with van der Waals surface area (Å²) in [4.78, 5) is 26.7. The highest BCUT2D eigenvalue weighted by Gasteiger charge is 2.32. The lowest BCUT2D eigenvalue weighted by Crippen LogP contribution is -2.40. The third kappa shape index (κ3) is 3.58. The van der Waals surface area contributed by atoms with E-state index in [-0.39, 0.29) is 30.6 Å². The normalized spacial score (nSPS) is 21.0. The molecule has 0 unspecified atom stereocenters. The van der Waals surface area contributed by atoms with Crippen LogP contribution < -0.4 is 0 Å². The fourth-order valence-electron chi connectivity index (χ4n) is 3.26. The van der Waals surface area contributed by atoms with E-state index in [9.17, 15) is 9.59 Å². The van der Waals surface area contributed by atoms with Crippen molar-refractivity contribution in [2.45, 2.75) is 38.6 Å². The zero-order valence-corrected chi connectivity index (χ0v) is 14.1. The lowest BCUT2D eigenvalue weighted by Gasteiger charge is -2.37. The summed E-state index contributed by atoms with van der Waals surface area (Å²) in [5.74, 6) is 1.35. The molecular formula is C18H23N3O3. The number of amides is 1. The maximum atomic E-state index is 12.7. The van der Waals surface area contributed by atoms with E-state index in [0.717, 1.165) is 18.6 Å². The van der Waals surface area contributed by atoms with Crippen LogP contribution in [0.15, 0.2) is 35.2 Å². The van der Waals surface area contributed by atoms with Gasteiger partial charge in [-0.05, 0) is 30.9 Å². The molecular weight excluding hydrogens is 306 g/mol. The molecule has 0 radical (unpaired) electrons. The zero-order valence-electron chi connectivity index (χ0n) is 14.1. The van der Waals surface area contributed by atoms with Crippen LogP contribution in [-0.4, -0.2) is 32.9 Å². The van der Waals surface area contributed by atoms with Crippen molar-refractivity contribution in [3.8, 4) is 0 Å². The molecule has 6 heteroatoms. The third-order valence-corrected chi connectivity index (χ3v) is 4.65. The second-order valence-corrected chi connectivity index (χ2v) is 6.57. The van der Waals surface area contributed by atoms with Crippen LogP contribution in [0.25, 0.3) is 0 Å². The van der Waals surface area contributed by atoms with Crippen molar-refractivity contribution in [1.29, 1.82) is 0 Å². The smallest absolute Gasteiger partial charge is 0.223 e. The predicted octanol–water partition coefficient (Wildman–Crippen LogP) is 2.98. The quantitative estimate of drug-likeness (QED) is 0.791. The Labute approximate surface area is 141 Å². The van der Waals surface area contributed by atoms with Gasteiger partial charge in [-0.2, -0.15) is 5.10 Å². The SMILES string of the molecule is C[C@@H]1CCN(C(=O)CCC(=O)c2cnn(C)c2)[C@H](c2ccco2)C1. The summed E-state index contributed by atoms with van der Waals surface area (Å²) in [6.45, 7) is 2.91. The first-order chi connectivity index (χ1) is 11.5. The third-order valence-electron chi connectivity index (χ3n) is 4.65. The lowest BCUT2D eigenvalue weighted by atomic mass is 9.90. The highest BCUT2D eigenvalue weighted by Crippen LogP contribution is 2.34. The Morgan fingerprint density at radius 1 is 1.38 bits per heavy atom. The van der Waals surface area contributed by atoms with E-state index in [4.69, 9.17) is 4.42 Å². The summed E-state index contributed by atoms with van der Waals surface area (Å²) in [6.07, 6.45) is 7.18. The largest absolute Gasteiger partial charge is 0.467 e. The van der Waals surface area contributed by atoms with Gasteiger partial charge in [-0.1, -0.05) is 6.92 Å². The number of rotatable bonds is 5. The highest BCUT2D eigenvalue weighted by atomic mass is 16.3. The molecule has 1 amide bonds. The Balaban J connectivity index is 1.63. The number of likely N-dealkylation sites (tertiary alicyclic amines) is 1. The minimum atomic E-state index is -0.0450. The molecule has 0 aromatic carbocycles. The van der Waals surface area contributed by atoms with E-state index in [1.807, 2.05) is 17.0 Å². The van der Waals surface area contributed by atoms with Gasteiger partial charge in [-0.25, -0.2) is 0 Å². The van der Waals surface area contributed by atoms with E-state index >= 15 is 0 Å². The molecule has 6 nitrogen and oxygen atoms in total. The molecule has 0 N–H and O–H groups in total. The van der Waals surface area contributed by atoms with Gasteiger partial charge in [0.2, 0.25) is 5.91 Å². The van der Waals surface area contributed by atoms with Gasteiger partial charge in [0.1, 0.15) is 5.76 Å². The van der Waals surface area contributed by atoms with E-state index in [1.165, 1.54) is 0 Å². The first kappa shape index (κ1) is 16.5. The summed E-state index contributed by atoms with van der Waals surface area (Å²) in [5, 5.41) is 4.00. The number of piperidine rings is 1. The molecule has 3 rings (SSSR count). The molecule has 2 aromatic rings. The molecule has 128 valence electrons. The molecule has 3 heterocycles. The zero-order chi connectivity index (χ0) is 17.1.